The third-order valence-electron chi connectivity index (χ3n) is 2.24. The van der Waals surface area contributed by atoms with Crippen LogP contribution in [0.5, 0.6) is 0 Å². The van der Waals surface area contributed by atoms with Gasteiger partial charge in [-0.25, -0.2) is 14.2 Å². The SMILES string of the molecule is COC(=O)C(C)(CS(=O)O)c1ccnc(Cl)n1. The molecule has 0 aliphatic carbocycles. The summed E-state index contributed by atoms with van der Waals surface area (Å²) in [6.07, 6.45) is 1.37. The first-order chi connectivity index (χ1) is 7.90. The minimum atomic E-state index is -2.17. The highest BCUT2D eigenvalue weighted by atomic mass is 35.5. The van der Waals surface area contributed by atoms with Gasteiger partial charge < -0.3 is 9.29 Å². The molecule has 1 aromatic rings. The predicted molar refractivity (Wildman–Crippen MR) is 62.0 cm³/mol. The maximum absolute atomic E-state index is 11.7. The average Bonchev–Trinajstić information content (AvgIpc) is 2.26. The maximum atomic E-state index is 11.7. The van der Waals surface area contributed by atoms with Gasteiger partial charge >= 0.3 is 5.97 Å². The summed E-state index contributed by atoms with van der Waals surface area (Å²) in [4.78, 5) is 19.3. The number of carbonyl (C=O) groups is 1. The highest BCUT2D eigenvalue weighted by molar-refractivity contribution is 7.79. The van der Waals surface area contributed by atoms with Crippen LogP contribution in [0.4, 0.5) is 0 Å². The lowest BCUT2D eigenvalue weighted by Crippen LogP contribution is -2.40. The van der Waals surface area contributed by atoms with Crippen LogP contribution in [-0.4, -0.2) is 37.6 Å². The largest absolute Gasteiger partial charge is 0.468 e. The van der Waals surface area contributed by atoms with Crippen LogP contribution in [0.15, 0.2) is 12.3 Å². The van der Waals surface area contributed by atoms with Crippen molar-refractivity contribution in [3.63, 3.8) is 0 Å². The van der Waals surface area contributed by atoms with Gasteiger partial charge in [0.2, 0.25) is 5.28 Å². The fourth-order valence-electron chi connectivity index (χ4n) is 1.35. The normalized spacial score (nSPS) is 16.0. The van der Waals surface area contributed by atoms with Gasteiger partial charge in [-0.1, -0.05) is 0 Å². The molecule has 0 fully saturated rings. The van der Waals surface area contributed by atoms with Crippen LogP contribution in [-0.2, 0) is 26.0 Å². The Morgan fingerprint density at radius 2 is 2.35 bits per heavy atom. The quantitative estimate of drug-likeness (QED) is 0.497. The fraction of sp³-hybridized carbons (Fsp3) is 0.444. The summed E-state index contributed by atoms with van der Waals surface area (Å²) >= 11 is 3.45. The molecule has 17 heavy (non-hydrogen) atoms. The molecular weight excluding hydrogens is 268 g/mol. The number of hydrogen-bond acceptors (Lipinski definition) is 5. The Kier molecular flexibility index (Phi) is 4.55. The van der Waals surface area contributed by atoms with Crippen LogP contribution in [0.3, 0.4) is 0 Å². The van der Waals surface area contributed by atoms with E-state index in [0.29, 0.717) is 0 Å². The van der Waals surface area contributed by atoms with Crippen molar-refractivity contribution >= 4 is 28.7 Å². The molecule has 0 aliphatic rings. The van der Waals surface area contributed by atoms with E-state index in [2.05, 4.69) is 14.7 Å². The molecule has 0 saturated carbocycles. The topological polar surface area (TPSA) is 89.4 Å². The Balaban J connectivity index is 3.23. The standard InChI is InChI=1S/C9H11ClN2O4S/c1-9(5-17(14)15,7(13)16-2)6-3-4-11-8(10)12-6/h3-4H,5H2,1-2H3,(H,14,15). The molecular formula is C9H11ClN2O4S. The zero-order valence-electron chi connectivity index (χ0n) is 9.21. The van der Waals surface area contributed by atoms with Crippen LogP contribution >= 0.6 is 11.6 Å². The van der Waals surface area contributed by atoms with Gasteiger partial charge in [-0.05, 0) is 24.6 Å². The number of rotatable bonds is 4. The van der Waals surface area contributed by atoms with Crippen molar-refractivity contribution in [2.75, 3.05) is 12.9 Å². The number of hydrogen-bond donors (Lipinski definition) is 1. The van der Waals surface area contributed by atoms with Crippen LogP contribution in [0, 0.1) is 0 Å². The van der Waals surface area contributed by atoms with Crippen LogP contribution in [0.25, 0.3) is 0 Å². The van der Waals surface area contributed by atoms with E-state index in [-0.39, 0.29) is 16.7 Å². The molecule has 0 radical (unpaired) electrons. The summed E-state index contributed by atoms with van der Waals surface area (Å²) in [6, 6.07) is 1.45. The van der Waals surface area contributed by atoms with E-state index < -0.39 is 22.5 Å². The predicted octanol–water partition coefficient (Wildman–Crippen LogP) is 0.782. The number of carbonyl (C=O) groups excluding carboxylic acids is 1. The summed E-state index contributed by atoms with van der Waals surface area (Å²) in [6.45, 7) is 1.46. The summed E-state index contributed by atoms with van der Waals surface area (Å²) in [5.41, 5.74) is -1.09. The van der Waals surface area contributed by atoms with Crippen LogP contribution < -0.4 is 0 Å². The van der Waals surface area contributed by atoms with Crippen LogP contribution in [0.1, 0.15) is 12.6 Å². The number of ether oxygens (including phenoxy) is 1. The van der Waals surface area contributed by atoms with E-state index in [0.717, 1.165) is 0 Å². The van der Waals surface area contributed by atoms with E-state index in [1.807, 2.05) is 0 Å². The van der Waals surface area contributed by atoms with Gasteiger partial charge in [0, 0.05) is 6.20 Å². The molecule has 1 N–H and O–H groups in total. The molecule has 0 saturated heterocycles. The van der Waals surface area contributed by atoms with Crippen molar-refractivity contribution < 1.29 is 18.3 Å². The Labute approximate surface area is 106 Å². The van der Waals surface area contributed by atoms with Gasteiger partial charge in [-0.2, -0.15) is 0 Å². The molecule has 1 rings (SSSR count). The second-order valence-electron chi connectivity index (χ2n) is 3.50. The van der Waals surface area contributed by atoms with Gasteiger partial charge in [0.1, 0.15) is 5.41 Å². The van der Waals surface area contributed by atoms with Crippen molar-refractivity contribution in [2.24, 2.45) is 0 Å². The summed E-state index contributed by atoms with van der Waals surface area (Å²) < 4.78 is 24.5. The zero-order valence-corrected chi connectivity index (χ0v) is 10.8. The van der Waals surface area contributed by atoms with Crippen molar-refractivity contribution in [1.29, 1.82) is 0 Å². The summed E-state index contributed by atoms with van der Waals surface area (Å²) in [5.74, 6) is -0.984. The first-order valence-corrected chi connectivity index (χ1v) is 6.20. The van der Waals surface area contributed by atoms with Gasteiger partial charge in [0.05, 0.1) is 18.6 Å². The van der Waals surface area contributed by atoms with E-state index in [4.69, 9.17) is 16.2 Å². The third-order valence-corrected chi connectivity index (χ3v) is 3.25. The summed E-state index contributed by atoms with van der Waals surface area (Å²) in [5, 5.41) is -0.0404. The van der Waals surface area contributed by atoms with Crippen molar-refractivity contribution in [1.82, 2.24) is 9.97 Å². The Bertz CT molecular complexity index is 456. The highest BCUT2D eigenvalue weighted by Crippen LogP contribution is 2.25. The molecule has 94 valence electrons. The Morgan fingerprint density at radius 3 is 2.82 bits per heavy atom. The monoisotopic (exact) mass is 278 g/mol. The molecule has 2 atom stereocenters. The second kappa shape index (κ2) is 5.52. The Hall–Kier alpha value is -1.05. The first-order valence-electron chi connectivity index (χ1n) is 4.55. The molecule has 2 unspecified atom stereocenters. The molecule has 0 bridgehead atoms. The third kappa shape index (κ3) is 3.21. The first kappa shape index (κ1) is 14.0. The van der Waals surface area contributed by atoms with Crippen molar-refractivity contribution in [3.8, 4) is 0 Å². The van der Waals surface area contributed by atoms with E-state index in [1.165, 1.54) is 26.3 Å². The molecule has 6 nitrogen and oxygen atoms in total. The van der Waals surface area contributed by atoms with Gasteiger partial charge in [0.25, 0.3) is 0 Å². The number of esters is 1. The lowest BCUT2D eigenvalue weighted by Gasteiger charge is -2.24. The molecule has 0 aliphatic heterocycles. The molecule has 1 aromatic heterocycles. The van der Waals surface area contributed by atoms with Gasteiger partial charge in [-0.3, -0.25) is 4.79 Å². The van der Waals surface area contributed by atoms with Gasteiger partial charge in [0.15, 0.2) is 11.1 Å². The molecule has 0 spiro atoms. The smallest absolute Gasteiger partial charge is 0.318 e. The minimum absolute atomic E-state index is 0.0404. The van der Waals surface area contributed by atoms with Crippen molar-refractivity contribution in [3.05, 3.63) is 23.2 Å². The molecule has 0 amide bonds. The number of nitrogens with zero attached hydrogens (tertiary/aromatic N) is 2. The average molecular weight is 279 g/mol. The van der Waals surface area contributed by atoms with E-state index in [9.17, 15) is 9.00 Å². The maximum Gasteiger partial charge on any atom is 0.318 e. The van der Waals surface area contributed by atoms with Crippen molar-refractivity contribution in [2.45, 2.75) is 12.3 Å². The fourth-order valence-corrected chi connectivity index (χ4v) is 2.26. The molecule has 1 heterocycles. The summed E-state index contributed by atoms with van der Waals surface area (Å²) in [7, 11) is 1.20. The van der Waals surface area contributed by atoms with E-state index in [1.54, 1.807) is 0 Å². The van der Waals surface area contributed by atoms with E-state index >= 15 is 0 Å². The highest BCUT2D eigenvalue weighted by Gasteiger charge is 2.40. The van der Waals surface area contributed by atoms with Crippen LogP contribution in [0.2, 0.25) is 5.28 Å². The molecule has 0 aromatic carbocycles. The lowest BCUT2D eigenvalue weighted by molar-refractivity contribution is -0.146. The van der Waals surface area contributed by atoms with Gasteiger partial charge in [-0.15, -0.1) is 0 Å². The second-order valence-corrected chi connectivity index (χ2v) is 4.77. The number of aromatic nitrogens is 2. The lowest BCUT2D eigenvalue weighted by atomic mass is 9.89. The number of halogens is 1. The Morgan fingerprint density at radius 1 is 1.71 bits per heavy atom. The zero-order chi connectivity index (χ0) is 13.1. The minimum Gasteiger partial charge on any atom is -0.468 e. The number of methoxy groups -OCH3 is 1. The molecule has 8 heteroatoms.